The minimum atomic E-state index is -0.145. The topological polar surface area (TPSA) is 49.8 Å². The maximum atomic E-state index is 12.4. The van der Waals surface area contributed by atoms with E-state index in [1.165, 1.54) is 7.11 Å². The van der Waals surface area contributed by atoms with Crippen LogP contribution >= 0.6 is 11.6 Å². The van der Waals surface area contributed by atoms with E-state index in [-0.39, 0.29) is 11.7 Å². The summed E-state index contributed by atoms with van der Waals surface area (Å²) in [6, 6.07) is 4.96. The van der Waals surface area contributed by atoms with Crippen LogP contribution < -0.4 is 4.74 Å². The van der Waals surface area contributed by atoms with Gasteiger partial charge >= 0.3 is 0 Å². The monoisotopic (exact) mass is 283 g/mol. The molecule has 1 heterocycles. The third kappa shape index (κ3) is 2.95. The number of carbonyl (C=O) groups is 1. The second-order valence-corrected chi connectivity index (χ2v) is 5.12. The number of aromatic hydroxyl groups is 1. The fourth-order valence-electron chi connectivity index (χ4n) is 2.44. The van der Waals surface area contributed by atoms with Crippen LogP contribution in [0.2, 0.25) is 0 Å². The van der Waals surface area contributed by atoms with Gasteiger partial charge in [0, 0.05) is 19.0 Å². The Bertz CT molecular complexity index is 464. The number of methoxy groups -OCH3 is 1. The highest BCUT2D eigenvalue weighted by molar-refractivity contribution is 6.17. The quantitative estimate of drug-likeness (QED) is 0.864. The van der Waals surface area contributed by atoms with Crippen molar-refractivity contribution < 1.29 is 14.6 Å². The van der Waals surface area contributed by atoms with E-state index in [0.29, 0.717) is 29.7 Å². The van der Waals surface area contributed by atoms with Crippen molar-refractivity contribution in [2.45, 2.75) is 12.8 Å². The molecule has 5 heteroatoms. The first-order valence-corrected chi connectivity index (χ1v) is 6.92. The van der Waals surface area contributed by atoms with E-state index in [4.69, 9.17) is 16.3 Å². The van der Waals surface area contributed by atoms with Crippen molar-refractivity contribution in [3.63, 3.8) is 0 Å². The first-order chi connectivity index (χ1) is 9.17. The van der Waals surface area contributed by atoms with Gasteiger partial charge in [0.05, 0.1) is 12.7 Å². The van der Waals surface area contributed by atoms with Crippen molar-refractivity contribution >= 4 is 17.5 Å². The summed E-state index contributed by atoms with van der Waals surface area (Å²) in [5, 5.41) is 10.00. The van der Waals surface area contributed by atoms with Crippen molar-refractivity contribution in [2.75, 3.05) is 26.1 Å². The molecule has 1 atom stereocenters. The molecule has 1 amide bonds. The molecule has 0 radical (unpaired) electrons. The smallest absolute Gasteiger partial charge is 0.257 e. The molecule has 1 aliphatic heterocycles. The average Bonchev–Trinajstić information content (AvgIpc) is 2.87. The van der Waals surface area contributed by atoms with Crippen LogP contribution in [0.25, 0.3) is 0 Å². The largest absolute Gasteiger partial charge is 0.504 e. The lowest BCUT2D eigenvalue weighted by molar-refractivity contribution is 0.0783. The zero-order valence-corrected chi connectivity index (χ0v) is 11.7. The number of hydrogen-bond acceptors (Lipinski definition) is 3. The Labute approximate surface area is 117 Å². The number of halogens is 1. The lowest BCUT2D eigenvalue weighted by Gasteiger charge is -2.17. The van der Waals surface area contributed by atoms with Crippen LogP contribution in [0.4, 0.5) is 0 Å². The predicted octanol–water partition coefficient (Wildman–Crippen LogP) is 2.49. The highest BCUT2D eigenvalue weighted by atomic mass is 35.5. The van der Waals surface area contributed by atoms with E-state index in [1.807, 2.05) is 0 Å². The predicted molar refractivity (Wildman–Crippen MR) is 74.0 cm³/mol. The van der Waals surface area contributed by atoms with Crippen LogP contribution in [0, 0.1) is 5.92 Å². The van der Waals surface area contributed by atoms with Gasteiger partial charge in [0.15, 0.2) is 11.5 Å². The van der Waals surface area contributed by atoms with Crippen LogP contribution in [0.5, 0.6) is 11.5 Å². The first kappa shape index (κ1) is 14.0. The molecule has 1 unspecified atom stereocenters. The molecular formula is C14H18ClNO3. The fraction of sp³-hybridized carbons (Fsp3) is 0.500. The Morgan fingerprint density at radius 3 is 3.05 bits per heavy atom. The van der Waals surface area contributed by atoms with Gasteiger partial charge in [-0.05, 0) is 30.9 Å². The number of hydrogen-bond donors (Lipinski definition) is 1. The number of carbonyl (C=O) groups excluding carboxylic acids is 1. The van der Waals surface area contributed by atoms with Gasteiger partial charge in [-0.15, -0.1) is 11.6 Å². The lowest BCUT2D eigenvalue weighted by Crippen LogP contribution is -2.28. The number of likely N-dealkylation sites (tertiary alicyclic amines) is 1. The number of ether oxygens (including phenoxy) is 1. The van der Waals surface area contributed by atoms with Gasteiger partial charge in [-0.3, -0.25) is 4.79 Å². The maximum Gasteiger partial charge on any atom is 0.257 e. The van der Waals surface area contributed by atoms with Gasteiger partial charge in [-0.1, -0.05) is 6.07 Å². The summed E-state index contributed by atoms with van der Waals surface area (Å²) in [6.45, 7) is 1.43. The zero-order chi connectivity index (χ0) is 13.8. The zero-order valence-electron chi connectivity index (χ0n) is 10.9. The van der Waals surface area contributed by atoms with E-state index in [0.717, 1.165) is 19.4 Å². The number of benzene rings is 1. The molecular weight excluding hydrogens is 266 g/mol. The van der Waals surface area contributed by atoms with Gasteiger partial charge in [-0.2, -0.15) is 0 Å². The summed E-state index contributed by atoms with van der Waals surface area (Å²) in [5.74, 6) is 1.18. The third-order valence-electron chi connectivity index (χ3n) is 3.54. The molecule has 0 aromatic heterocycles. The molecule has 0 bridgehead atoms. The van der Waals surface area contributed by atoms with Crippen LogP contribution in [-0.4, -0.2) is 42.0 Å². The van der Waals surface area contributed by atoms with Gasteiger partial charge < -0.3 is 14.7 Å². The number of nitrogens with zero attached hydrogens (tertiary/aromatic N) is 1. The van der Waals surface area contributed by atoms with Gasteiger partial charge in [0.1, 0.15) is 0 Å². The van der Waals surface area contributed by atoms with E-state index < -0.39 is 0 Å². The molecule has 1 N–H and O–H groups in total. The highest BCUT2D eigenvalue weighted by Crippen LogP contribution is 2.31. The van der Waals surface area contributed by atoms with Crippen molar-refractivity contribution in [1.29, 1.82) is 0 Å². The SMILES string of the molecule is COc1cccc(C(=O)N2CCC(CCCl)C2)c1O. The number of rotatable bonds is 4. The number of amides is 1. The van der Waals surface area contributed by atoms with Crippen molar-refractivity contribution in [3.8, 4) is 11.5 Å². The Morgan fingerprint density at radius 1 is 1.58 bits per heavy atom. The lowest BCUT2D eigenvalue weighted by atomic mass is 10.1. The Kier molecular flexibility index (Phi) is 4.53. The standard InChI is InChI=1S/C14H18ClNO3/c1-19-12-4-2-3-11(13(12)17)14(18)16-8-6-10(9-16)5-7-15/h2-4,10,17H,5-9H2,1H3. The average molecular weight is 284 g/mol. The summed E-state index contributed by atoms with van der Waals surface area (Å²) in [6.07, 6.45) is 1.90. The molecule has 1 aromatic rings. The molecule has 0 aliphatic carbocycles. The summed E-state index contributed by atoms with van der Waals surface area (Å²) in [7, 11) is 1.47. The number of alkyl halides is 1. The minimum Gasteiger partial charge on any atom is -0.504 e. The van der Waals surface area contributed by atoms with Crippen molar-refractivity contribution in [2.24, 2.45) is 5.92 Å². The molecule has 0 spiro atoms. The van der Waals surface area contributed by atoms with Crippen LogP contribution in [0.1, 0.15) is 23.2 Å². The Morgan fingerprint density at radius 2 is 2.37 bits per heavy atom. The molecule has 0 saturated carbocycles. The maximum absolute atomic E-state index is 12.4. The molecule has 19 heavy (non-hydrogen) atoms. The third-order valence-corrected chi connectivity index (χ3v) is 3.76. The Hall–Kier alpha value is -1.42. The molecule has 1 fully saturated rings. The molecule has 104 valence electrons. The highest BCUT2D eigenvalue weighted by Gasteiger charge is 2.28. The number of phenolic OH excluding ortho intramolecular Hbond substituents is 1. The first-order valence-electron chi connectivity index (χ1n) is 6.38. The summed E-state index contributed by atoms with van der Waals surface area (Å²) >= 11 is 5.73. The fourth-order valence-corrected chi connectivity index (χ4v) is 2.75. The van der Waals surface area contributed by atoms with E-state index >= 15 is 0 Å². The second kappa shape index (κ2) is 6.15. The molecule has 2 rings (SSSR count). The van der Waals surface area contributed by atoms with E-state index in [1.54, 1.807) is 23.1 Å². The van der Waals surface area contributed by atoms with Crippen LogP contribution in [0.15, 0.2) is 18.2 Å². The number of phenols is 1. The summed E-state index contributed by atoms with van der Waals surface area (Å²) in [4.78, 5) is 14.1. The van der Waals surface area contributed by atoms with Crippen molar-refractivity contribution in [1.82, 2.24) is 4.90 Å². The van der Waals surface area contributed by atoms with Gasteiger partial charge in [0.2, 0.25) is 0 Å². The minimum absolute atomic E-state index is 0.0872. The second-order valence-electron chi connectivity index (χ2n) is 4.74. The molecule has 1 aliphatic rings. The van der Waals surface area contributed by atoms with Crippen LogP contribution in [0.3, 0.4) is 0 Å². The summed E-state index contributed by atoms with van der Waals surface area (Å²) in [5.41, 5.74) is 0.297. The number of para-hydroxylation sites is 1. The normalized spacial score (nSPS) is 18.6. The molecule has 1 saturated heterocycles. The van der Waals surface area contributed by atoms with E-state index in [9.17, 15) is 9.90 Å². The van der Waals surface area contributed by atoms with Crippen molar-refractivity contribution in [3.05, 3.63) is 23.8 Å². The van der Waals surface area contributed by atoms with Crippen LogP contribution in [-0.2, 0) is 0 Å². The Balaban J connectivity index is 2.12. The van der Waals surface area contributed by atoms with Gasteiger partial charge in [0.25, 0.3) is 5.91 Å². The van der Waals surface area contributed by atoms with Gasteiger partial charge in [-0.25, -0.2) is 0 Å². The van der Waals surface area contributed by atoms with E-state index in [2.05, 4.69) is 0 Å². The summed E-state index contributed by atoms with van der Waals surface area (Å²) < 4.78 is 5.02. The molecule has 1 aromatic carbocycles. The molecule has 4 nitrogen and oxygen atoms in total.